The fourth-order valence-corrected chi connectivity index (χ4v) is 3.23. The maximum atomic E-state index is 12.1. The van der Waals surface area contributed by atoms with Gasteiger partial charge < -0.3 is 15.5 Å². The van der Waals surface area contributed by atoms with E-state index in [4.69, 9.17) is 0 Å². The van der Waals surface area contributed by atoms with Gasteiger partial charge in [0.1, 0.15) is 0 Å². The first-order valence-electron chi connectivity index (χ1n) is 8.92. The van der Waals surface area contributed by atoms with Crippen molar-refractivity contribution in [3.8, 4) is 0 Å². The van der Waals surface area contributed by atoms with E-state index in [-0.39, 0.29) is 6.03 Å². The van der Waals surface area contributed by atoms with Gasteiger partial charge in [-0.1, -0.05) is 30.3 Å². The van der Waals surface area contributed by atoms with Crippen molar-refractivity contribution in [2.75, 3.05) is 31.5 Å². The van der Waals surface area contributed by atoms with E-state index < -0.39 is 0 Å². The first-order valence-corrected chi connectivity index (χ1v) is 8.92. The highest BCUT2D eigenvalue weighted by molar-refractivity contribution is 5.89. The molecule has 0 bridgehead atoms. The van der Waals surface area contributed by atoms with Crippen molar-refractivity contribution in [3.05, 3.63) is 59.9 Å². The first kappa shape index (κ1) is 17.4. The number of hydrogen-bond donors (Lipinski definition) is 2. The summed E-state index contributed by atoms with van der Waals surface area (Å²) < 4.78 is 0. The van der Waals surface area contributed by atoms with Gasteiger partial charge in [-0.05, 0) is 49.4 Å². The quantitative estimate of drug-likeness (QED) is 0.851. The highest BCUT2D eigenvalue weighted by Crippen LogP contribution is 2.16. The van der Waals surface area contributed by atoms with Crippen molar-refractivity contribution < 1.29 is 4.79 Å². The standard InChI is InChI=1S/C20H26N4O/c1-16-13-21-10-7-19(16)23-20(25)22-14-18-9-12-24(15-18)11-8-17-5-3-2-4-6-17/h2-7,10,13,18H,8-9,11-12,14-15H2,1H3,(H2,21,22,23,25)/t18-/m1/s1. The lowest BCUT2D eigenvalue weighted by Gasteiger charge is -2.16. The second-order valence-corrected chi connectivity index (χ2v) is 6.72. The lowest BCUT2D eigenvalue weighted by atomic mass is 10.1. The van der Waals surface area contributed by atoms with Crippen molar-refractivity contribution in [3.63, 3.8) is 0 Å². The molecule has 1 atom stereocenters. The second kappa shape index (κ2) is 8.62. The number of benzene rings is 1. The van der Waals surface area contributed by atoms with Gasteiger partial charge in [0.2, 0.25) is 0 Å². The van der Waals surface area contributed by atoms with Crippen LogP contribution < -0.4 is 10.6 Å². The van der Waals surface area contributed by atoms with Gasteiger partial charge in [0.05, 0.1) is 0 Å². The van der Waals surface area contributed by atoms with E-state index in [1.807, 2.05) is 13.0 Å². The molecule has 0 spiro atoms. The van der Waals surface area contributed by atoms with Gasteiger partial charge in [0, 0.05) is 37.7 Å². The number of nitrogens with one attached hydrogen (secondary N) is 2. The van der Waals surface area contributed by atoms with Crippen molar-refractivity contribution in [1.82, 2.24) is 15.2 Å². The number of nitrogens with zero attached hydrogens (tertiary/aromatic N) is 2. The highest BCUT2D eigenvalue weighted by Gasteiger charge is 2.22. The minimum absolute atomic E-state index is 0.142. The Morgan fingerprint density at radius 2 is 2.12 bits per heavy atom. The van der Waals surface area contributed by atoms with Crippen LogP contribution in [0.15, 0.2) is 48.8 Å². The van der Waals surface area contributed by atoms with Gasteiger partial charge in [-0.15, -0.1) is 0 Å². The molecular formula is C20H26N4O. The second-order valence-electron chi connectivity index (χ2n) is 6.72. The summed E-state index contributed by atoms with van der Waals surface area (Å²) in [7, 11) is 0. The number of anilines is 1. The molecule has 2 heterocycles. The summed E-state index contributed by atoms with van der Waals surface area (Å²) in [5.41, 5.74) is 3.16. The van der Waals surface area contributed by atoms with E-state index >= 15 is 0 Å². The molecule has 132 valence electrons. The van der Waals surface area contributed by atoms with Crippen LogP contribution in [-0.4, -0.2) is 42.1 Å². The molecule has 2 aromatic rings. The molecule has 25 heavy (non-hydrogen) atoms. The monoisotopic (exact) mass is 338 g/mol. The number of carbonyl (C=O) groups excluding carboxylic acids is 1. The van der Waals surface area contributed by atoms with E-state index in [1.165, 1.54) is 5.56 Å². The summed E-state index contributed by atoms with van der Waals surface area (Å²) in [4.78, 5) is 18.6. The van der Waals surface area contributed by atoms with E-state index in [1.54, 1.807) is 12.4 Å². The maximum absolute atomic E-state index is 12.1. The van der Waals surface area contributed by atoms with Crippen LogP contribution in [-0.2, 0) is 6.42 Å². The predicted molar refractivity (Wildman–Crippen MR) is 101 cm³/mol. The van der Waals surface area contributed by atoms with Gasteiger partial charge in [-0.3, -0.25) is 4.98 Å². The Kier molecular flexibility index (Phi) is 6.01. The minimum Gasteiger partial charge on any atom is -0.338 e. The zero-order valence-electron chi connectivity index (χ0n) is 14.7. The summed E-state index contributed by atoms with van der Waals surface area (Å²) in [6.07, 6.45) is 5.66. The first-order chi connectivity index (χ1) is 12.2. The maximum Gasteiger partial charge on any atom is 0.319 e. The largest absolute Gasteiger partial charge is 0.338 e. The van der Waals surface area contributed by atoms with E-state index in [0.717, 1.165) is 50.3 Å². The third-order valence-corrected chi connectivity index (χ3v) is 4.75. The molecule has 0 saturated carbocycles. The van der Waals surface area contributed by atoms with Crippen molar-refractivity contribution in [2.45, 2.75) is 19.8 Å². The van der Waals surface area contributed by atoms with E-state index in [9.17, 15) is 4.79 Å². The van der Waals surface area contributed by atoms with Crippen LogP contribution in [0.5, 0.6) is 0 Å². The number of carbonyl (C=O) groups is 1. The van der Waals surface area contributed by atoms with Crippen molar-refractivity contribution in [1.29, 1.82) is 0 Å². The zero-order valence-corrected chi connectivity index (χ0v) is 14.7. The van der Waals surface area contributed by atoms with Crippen LogP contribution >= 0.6 is 0 Å². The molecule has 1 fully saturated rings. The molecule has 1 saturated heterocycles. The number of rotatable bonds is 6. The third kappa shape index (κ3) is 5.29. The lowest BCUT2D eigenvalue weighted by Crippen LogP contribution is -2.34. The summed E-state index contributed by atoms with van der Waals surface area (Å²) in [6.45, 7) is 5.91. The molecule has 1 aromatic carbocycles. The van der Waals surface area contributed by atoms with Crippen LogP contribution in [0.25, 0.3) is 0 Å². The molecule has 2 amide bonds. The fourth-order valence-electron chi connectivity index (χ4n) is 3.23. The molecule has 1 aliphatic rings. The number of pyridine rings is 1. The number of aryl methyl sites for hydroxylation is 1. The molecule has 5 nitrogen and oxygen atoms in total. The molecule has 1 aliphatic heterocycles. The van der Waals surface area contributed by atoms with Crippen LogP contribution in [0.3, 0.4) is 0 Å². The molecule has 1 aromatic heterocycles. The van der Waals surface area contributed by atoms with Crippen LogP contribution in [0, 0.1) is 12.8 Å². The molecular weight excluding hydrogens is 312 g/mol. The lowest BCUT2D eigenvalue weighted by molar-refractivity contribution is 0.249. The summed E-state index contributed by atoms with van der Waals surface area (Å²) in [6, 6.07) is 12.3. The number of urea groups is 1. The fraction of sp³-hybridized carbons (Fsp3) is 0.400. The third-order valence-electron chi connectivity index (χ3n) is 4.75. The van der Waals surface area contributed by atoms with Crippen molar-refractivity contribution >= 4 is 11.7 Å². The predicted octanol–water partition coefficient (Wildman–Crippen LogP) is 3.08. The summed E-state index contributed by atoms with van der Waals surface area (Å²) in [5, 5.41) is 5.89. The van der Waals surface area contributed by atoms with Gasteiger partial charge in [-0.2, -0.15) is 0 Å². The zero-order chi connectivity index (χ0) is 17.5. The Morgan fingerprint density at radius 3 is 2.92 bits per heavy atom. The van der Waals surface area contributed by atoms with Crippen molar-refractivity contribution in [2.24, 2.45) is 5.92 Å². The SMILES string of the molecule is Cc1cnccc1NC(=O)NC[C@H]1CCN(CCc2ccccc2)C1. The van der Waals surface area contributed by atoms with E-state index in [0.29, 0.717) is 5.92 Å². The molecule has 0 unspecified atom stereocenters. The summed E-state index contributed by atoms with van der Waals surface area (Å²) >= 11 is 0. The molecule has 0 aliphatic carbocycles. The number of amides is 2. The smallest absolute Gasteiger partial charge is 0.319 e. The van der Waals surface area contributed by atoms with Gasteiger partial charge in [0.25, 0.3) is 0 Å². The Morgan fingerprint density at radius 1 is 1.28 bits per heavy atom. The number of hydrogen-bond acceptors (Lipinski definition) is 3. The molecule has 5 heteroatoms. The number of likely N-dealkylation sites (tertiary alicyclic amines) is 1. The Bertz CT molecular complexity index is 689. The van der Waals surface area contributed by atoms with Gasteiger partial charge in [-0.25, -0.2) is 4.79 Å². The Labute approximate surface area is 149 Å². The molecule has 2 N–H and O–H groups in total. The average Bonchev–Trinajstić information content (AvgIpc) is 3.09. The van der Waals surface area contributed by atoms with Gasteiger partial charge in [0.15, 0.2) is 0 Å². The normalized spacial score (nSPS) is 17.4. The van der Waals surface area contributed by atoms with Crippen LogP contribution in [0.2, 0.25) is 0 Å². The minimum atomic E-state index is -0.142. The average molecular weight is 338 g/mol. The highest BCUT2D eigenvalue weighted by atomic mass is 16.2. The molecule has 0 radical (unpaired) electrons. The topological polar surface area (TPSA) is 57.3 Å². The van der Waals surface area contributed by atoms with Gasteiger partial charge >= 0.3 is 6.03 Å². The number of aromatic nitrogens is 1. The Balaban J connectivity index is 1.37. The van der Waals surface area contributed by atoms with Crippen LogP contribution in [0.4, 0.5) is 10.5 Å². The summed E-state index contributed by atoms with van der Waals surface area (Å²) in [5.74, 6) is 0.528. The molecule has 3 rings (SSSR count). The van der Waals surface area contributed by atoms with Crippen LogP contribution in [0.1, 0.15) is 17.5 Å². The van der Waals surface area contributed by atoms with E-state index in [2.05, 4.69) is 50.8 Å². The Hall–Kier alpha value is -2.40.